The maximum atomic E-state index is 13.8. The lowest BCUT2D eigenvalue weighted by Gasteiger charge is -2.22. The van der Waals surface area contributed by atoms with Gasteiger partial charge in [0.05, 0.1) is 11.6 Å². The Morgan fingerprint density at radius 3 is 2.48 bits per heavy atom. The molecular formula is C18H18FNO. The molecule has 0 aliphatic heterocycles. The molecule has 0 aromatic heterocycles. The molecule has 3 heteroatoms. The number of para-hydroxylation sites is 1. The number of hydrogen-bond acceptors (Lipinski definition) is 2. The van der Waals surface area contributed by atoms with Crippen molar-refractivity contribution in [1.82, 2.24) is 0 Å². The van der Waals surface area contributed by atoms with Gasteiger partial charge in [-0.3, -0.25) is 0 Å². The molecule has 0 amide bonds. The third-order valence-electron chi connectivity index (χ3n) is 3.26. The van der Waals surface area contributed by atoms with Gasteiger partial charge in [-0.2, -0.15) is 5.26 Å². The van der Waals surface area contributed by atoms with E-state index in [-0.39, 0.29) is 12.0 Å². The summed E-state index contributed by atoms with van der Waals surface area (Å²) in [6, 6.07) is 14.1. The molecule has 0 aliphatic carbocycles. The minimum Gasteiger partial charge on any atom is -0.488 e. The van der Waals surface area contributed by atoms with Crippen molar-refractivity contribution in [1.29, 1.82) is 5.26 Å². The van der Waals surface area contributed by atoms with Gasteiger partial charge in [0.15, 0.2) is 0 Å². The zero-order valence-electron chi connectivity index (χ0n) is 12.5. The smallest absolute Gasteiger partial charge is 0.131 e. The summed E-state index contributed by atoms with van der Waals surface area (Å²) >= 11 is 0. The highest BCUT2D eigenvalue weighted by Gasteiger charge is 2.18. The first-order chi connectivity index (χ1) is 9.91. The summed E-state index contributed by atoms with van der Waals surface area (Å²) in [6.07, 6.45) is 0. The van der Waals surface area contributed by atoms with Crippen molar-refractivity contribution in [3.05, 3.63) is 65.0 Å². The van der Waals surface area contributed by atoms with Gasteiger partial charge in [-0.05, 0) is 29.2 Å². The van der Waals surface area contributed by atoms with Gasteiger partial charge in [0, 0.05) is 5.56 Å². The SMILES string of the molecule is CC(C)(C)c1ccccc1OCc1ccc(C#N)cc1F. The van der Waals surface area contributed by atoms with Crippen LogP contribution in [-0.4, -0.2) is 0 Å². The first kappa shape index (κ1) is 15.1. The standard InChI is InChI=1S/C18H18FNO/c1-18(2,3)15-6-4-5-7-17(15)21-12-14-9-8-13(11-20)10-16(14)19/h4-10H,12H2,1-3H3. The van der Waals surface area contributed by atoms with E-state index in [0.29, 0.717) is 11.1 Å². The molecule has 0 N–H and O–H groups in total. The van der Waals surface area contributed by atoms with Crippen molar-refractivity contribution in [3.63, 3.8) is 0 Å². The van der Waals surface area contributed by atoms with Crippen molar-refractivity contribution < 1.29 is 9.13 Å². The number of hydrogen-bond donors (Lipinski definition) is 0. The molecule has 2 rings (SSSR count). The van der Waals surface area contributed by atoms with Crippen LogP contribution >= 0.6 is 0 Å². The summed E-state index contributed by atoms with van der Waals surface area (Å²) in [5.41, 5.74) is 1.79. The van der Waals surface area contributed by atoms with Crippen LogP contribution in [0.3, 0.4) is 0 Å². The molecule has 21 heavy (non-hydrogen) atoms. The number of nitrogens with zero attached hydrogens (tertiary/aromatic N) is 1. The lowest BCUT2D eigenvalue weighted by atomic mass is 9.86. The van der Waals surface area contributed by atoms with E-state index in [1.165, 1.54) is 6.07 Å². The molecule has 0 fully saturated rings. The zero-order chi connectivity index (χ0) is 15.5. The van der Waals surface area contributed by atoms with Gasteiger partial charge >= 0.3 is 0 Å². The van der Waals surface area contributed by atoms with Crippen LogP contribution in [0.5, 0.6) is 5.75 Å². The van der Waals surface area contributed by atoms with Gasteiger partial charge in [-0.1, -0.05) is 45.0 Å². The van der Waals surface area contributed by atoms with E-state index in [1.54, 1.807) is 12.1 Å². The van der Waals surface area contributed by atoms with Crippen molar-refractivity contribution in [2.24, 2.45) is 0 Å². The molecule has 2 nitrogen and oxygen atoms in total. The van der Waals surface area contributed by atoms with Gasteiger partial charge in [-0.15, -0.1) is 0 Å². The predicted molar refractivity (Wildman–Crippen MR) is 80.6 cm³/mol. The molecule has 0 saturated heterocycles. The van der Waals surface area contributed by atoms with Crippen LogP contribution in [-0.2, 0) is 12.0 Å². The Kier molecular flexibility index (Phi) is 4.28. The van der Waals surface area contributed by atoms with Crippen molar-refractivity contribution in [2.75, 3.05) is 0 Å². The second-order valence-corrected chi connectivity index (χ2v) is 5.95. The topological polar surface area (TPSA) is 33.0 Å². The van der Waals surface area contributed by atoms with Gasteiger partial charge < -0.3 is 4.74 Å². The molecule has 0 unspecified atom stereocenters. The van der Waals surface area contributed by atoms with Crippen molar-refractivity contribution in [2.45, 2.75) is 32.8 Å². The zero-order valence-corrected chi connectivity index (χ0v) is 12.5. The molecule has 108 valence electrons. The Morgan fingerprint density at radius 1 is 1.14 bits per heavy atom. The van der Waals surface area contributed by atoms with Crippen LogP contribution < -0.4 is 4.74 Å². The van der Waals surface area contributed by atoms with E-state index in [9.17, 15) is 4.39 Å². The highest BCUT2D eigenvalue weighted by atomic mass is 19.1. The normalized spacial score (nSPS) is 11.0. The summed E-state index contributed by atoms with van der Waals surface area (Å²) in [5, 5.41) is 8.74. The van der Waals surface area contributed by atoms with Gasteiger partial charge in [-0.25, -0.2) is 4.39 Å². The second kappa shape index (κ2) is 5.97. The molecule has 0 bridgehead atoms. The molecule has 0 radical (unpaired) electrons. The third kappa shape index (κ3) is 3.61. The highest BCUT2D eigenvalue weighted by molar-refractivity contribution is 5.39. The number of rotatable bonds is 3. The minimum atomic E-state index is -0.415. The Hall–Kier alpha value is -2.34. The van der Waals surface area contributed by atoms with Crippen LogP contribution in [0, 0.1) is 17.1 Å². The lowest BCUT2D eigenvalue weighted by molar-refractivity contribution is 0.291. The Bertz CT molecular complexity index is 680. The van der Waals surface area contributed by atoms with Crippen molar-refractivity contribution >= 4 is 0 Å². The van der Waals surface area contributed by atoms with Gasteiger partial charge in [0.25, 0.3) is 0 Å². The van der Waals surface area contributed by atoms with Gasteiger partial charge in [0.2, 0.25) is 0 Å². The van der Waals surface area contributed by atoms with E-state index in [0.717, 1.165) is 11.3 Å². The van der Waals surface area contributed by atoms with E-state index >= 15 is 0 Å². The van der Waals surface area contributed by atoms with E-state index in [4.69, 9.17) is 10.00 Å². The first-order valence-corrected chi connectivity index (χ1v) is 6.82. The fraction of sp³-hybridized carbons (Fsp3) is 0.278. The molecule has 0 atom stereocenters. The highest BCUT2D eigenvalue weighted by Crippen LogP contribution is 2.31. The van der Waals surface area contributed by atoms with Crippen LogP contribution in [0.25, 0.3) is 0 Å². The Morgan fingerprint density at radius 2 is 1.86 bits per heavy atom. The van der Waals surface area contributed by atoms with Crippen molar-refractivity contribution in [3.8, 4) is 11.8 Å². The maximum Gasteiger partial charge on any atom is 0.131 e. The molecule has 2 aromatic carbocycles. The Labute approximate surface area is 124 Å². The fourth-order valence-electron chi connectivity index (χ4n) is 2.10. The minimum absolute atomic E-state index is 0.0419. The lowest BCUT2D eigenvalue weighted by Crippen LogP contribution is -2.13. The first-order valence-electron chi connectivity index (χ1n) is 6.82. The number of halogens is 1. The van der Waals surface area contributed by atoms with Crippen LogP contribution in [0.2, 0.25) is 0 Å². The molecule has 0 spiro atoms. The summed E-state index contributed by atoms with van der Waals surface area (Å²) in [7, 11) is 0. The van der Waals surface area contributed by atoms with Crippen LogP contribution in [0.15, 0.2) is 42.5 Å². The molecule has 2 aromatic rings. The fourth-order valence-corrected chi connectivity index (χ4v) is 2.10. The van der Waals surface area contributed by atoms with E-state index in [2.05, 4.69) is 20.8 Å². The monoisotopic (exact) mass is 283 g/mol. The quantitative estimate of drug-likeness (QED) is 0.826. The number of benzene rings is 2. The average molecular weight is 283 g/mol. The largest absolute Gasteiger partial charge is 0.488 e. The number of ether oxygens (including phenoxy) is 1. The van der Waals surface area contributed by atoms with E-state index in [1.807, 2.05) is 30.3 Å². The predicted octanol–water partition coefficient (Wildman–Crippen LogP) is 4.57. The maximum absolute atomic E-state index is 13.8. The number of nitriles is 1. The van der Waals surface area contributed by atoms with Gasteiger partial charge in [0.1, 0.15) is 18.2 Å². The van der Waals surface area contributed by atoms with Crippen LogP contribution in [0.4, 0.5) is 4.39 Å². The molecule has 0 heterocycles. The third-order valence-corrected chi connectivity index (χ3v) is 3.26. The summed E-state index contributed by atoms with van der Waals surface area (Å²) in [6.45, 7) is 6.47. The average Bonchev–Trinajstić information content (AvgIpc) is 2.45. The summed E-state index contributed by atoms with van der Waals surface area (Å²) in [4.78, 5) is 0. The summed E-state index contributed by atoms with van der Waals surface area (Å²) < 4.78 is 19.6. The molecule has 0 saturated carbocycles. The summed E-state index contributed by atoms with van der Waals surface area (Å²) in [5.74, 6) is 0.344. The Balaban J connectivity index is 2.20. The second-order valence-electron chi connectivity index (χ2n) is 5.95. The van der Waals surface area contributed by atoms with E-state index < -0.39 is 5.82 Å². The molecular weight excluding hydrogens is 265 g/mol. The van der Waals surface area contributed by atoms with Crippen LogP contribution in [0.1, 0.15) is 37.5 Å². The molecule has 0 aliphatic rings.